The average molecular weight is 416 g/mol. The molecule has 0 aliphatic rings. The second-order valence-corrected chi connectivity index (χ2v) is 12.5. The fraction of sp³-hybridized carbons (Fsp3) is 1.00. The van der Waals surface area contributed by atoms with E-state index in [1.807, 2.05) is 21.6 Å². The van der Waals surface area contributed by atoms with Gasteiger partial charge >= 0.3 is 0 Å². The maximum atomic E-state index is 6.18. The smallest absolute Gasteiger partial charge is 0.105 e. The van der Waals surface area contributed by atoms with Gasteiger partial charge in [0.05, 0.1) is 0 Å². The van der Waals surface area contributed by atoms with Crippen molar-refractivity contribution in [2.45, 2.75) is 120 Å². The van der Waals surface area contributed by atoms with E-state index in [4.69, 9.17) is 23.2 Å². The van der Waals surface area contributed by atoms with E-state index in [1.165, 1.54) is 64.2 Å². The molecule has 0 saturated carbocycles. The monoisotopic (exact) mass is 414 g/mol. The Labute approximate surface area is 170 Å². The summed E-state index contributed by atoms with van der Waals surface area (Å²) in [4.78, 5) is -0.239. The molecule has 0 unspecified atom stereocenters. The summed E-state index contributed by atoms with van der Waals surface area (Å²) in [5.74, 6) is 0.763. The van der Waals surface area contributed by atoms with Crippen LogP contribution >= 0.6 is 44.8 Å². The molecule has 0 aromatic heterocycles. The van der Waals surface area contributed by atoms with Gasteiger partial charge in [0.25, 0.3) is 0 Å². The van der Waals surface area contributed by atoms with Crippen LogP contribution in [0.4, 0.5) is 0 Å². The van der Waals surface area contributed by atoms with E-state index >= 15 is 0 Å². The second-order valence-electron chi connectivity index (χ2n) is 7.92. The van der Waals surface area contributed by atoms with Crippen LogP contribution in [0.5, 0.6) is 0 Å². The SMILES string of the molecule is CCCCCCC(CCCCCC)[C@H](CC(Cl)Cl)SSC(C)(C)C. The maximum Gasteiger partial charge on any atom is 0.108 e. The first kappa shape index (κ1) is 25.3. The molecule has 0 bridgehead atoms. The molecule has 0 heterocycles. The molecule has 0 saturated heterocycles. The Kier molecular flexibility index (Phi) is 16.2. The summed E-state index contributed by atoms with van der Waals surface area (Å²) in [7, 11) is 4.04. The molecule has 0 spiro atoms. The lowest BCUT2D eigenvalue weighted by Gasteiger charge is -2.29. The minimum Gasteiger partial charge on any atom is -0.105 e. The lowest BCUT2D eigenvalue weighted by Crippen LogP contribution is -2.21. The first-order valence-corrected chi connectivity index (χ1v) is 13.0. The fourth-order valence-corrected chi connectivity index (χ4v) is 6.53. The zero-order chi connectivity index (χ0) is 18.4. The lowest BCUT2D eigenvalue weighted by atomic mass is 9.90. The largest absolute Gasteiger partial charge is 0.108 e. The zero-order valence-electron chi connectivity index (χ0n) is 16.6. The van der Waals surface area contributed by atoms with E-state index in [9.17, 15) is 0 Å². The third kappa shape index (κ3) is 15.5. The number of unbranched alkanes of at least 4 members (excludes halogenated alkanes) is 6. The van der Waals surface area contributed by atoms with Crippen LogP contribution in [0.15, 0.2) is 0 Å². The Morgan fingerprint density at radius 2 is 1.29 bits per heavy atom. The Morgan fingerprint density at radius 3 is 1.67 bits per heavy atom. The molecule has 0 amide bonds. The van der Waals surface area contributed by atoms with Crippen molar-refractivity contribution in [2.75, 3.05) is 0 Å². The van der Waals surface area contributed by atoms with Gasteiger partial charge in [-0.2, -0.15) is 0 Å². The molecule has 0 nitrogen and oxygen atoms in total. The van der Waals surface area contributed by atoms with Crippen LogP contribution in [0.25, 0.3) is 0 Å². The van der Waals surface area contributed by atoms with Gasteiger partial charge in [0.15, 0.2) is 0 Å². The molecule has 0 aliphatic heterocycles. The molecule has 4 heteroatoms. The van der Waals surface area contributed by atoms with Crippen molar-refractivity contribution in [1.82, 2.24) is 0 Å². The number of hydrogen-bond acceptors (Lipinski definition) is 2. The van der Waals surface area contributed by atoms with Crippen LogP contribution in [-0.2, 0) is 0 Å². The number of halogens is 2. The Hall–Kier alpha value is 1.28. The van der Waals surface area contributed by atoms with Crippen LogP contribution in [0, 0.1) is 5.92 Å². The van der Waals surface area contributed by atoms with E-state index in [0.29, 0.717) is 5.25 Å². The highest BCUT2D eigenvalue weighted by atomic mass is 35.5. The van der Waals surface area contributed by atoms with Crippen molar-refractivity contribution >= 4 is 44.8 Å². The van der Waals surface area contributed by atoms with Gasteiger partial charge in [-0.3, -0.25) is 0 Å². The number of rotatable bonds is 15. The third-order valence-corrected chi connectivity index (χ3v) is 8.52. The quantitative estimate of drug-likeness (QED) is 0.148. The van der Waals surface area contributed by atoms with Gasteiger partial charge in [-0.05, 0) is 25.2 Å². The molecule has 0 radical (unpaired) electrons. The predicted molar refractivity (Wildman–Crippen MR) is 120 cm³/mol. The molecule has 0 fully saturated rings. The van der Waals surface area contributed by atoms with Gasteiger partial charge in [0.1, 0.15) is 4.84 Å². The molecule has 0 aromatic rings. The van der Waals surface area contributed by atoms with Crippen molar-refractivity contribution in [2.24, 2.45) is 5.92 Å². The zero-order valence-corrected chi connectivity index (χ0v) is 19.7. The van der Waals surface area contributed by atoms with Crippen molar-refractivity contribution in [1.29, 1.82) is 0 Å². The van der Waals surface area contributed by atoms with Crippen LogP contribution in [0.3, 0.4) is 0 Å². The summed E-state index contributed by atoms with van der Waals surface area (Å²) in [6, 6.07) is 0. The van der Waals surface area contributed by atoms with E-state index in [-0.39, 0.29) is 9.58 Å². The minimum absolute atomic E-state index is 0.239. The summed E-state index contributed by atoms with van der Waals surface area (Å²) in [5, 5.41) is 0.581. The molecule has 0 N–H and O–H groups in total. The Balaban J connectivity index is 4.66. The topological polar surface area (TPSA) is 0 Å². The molecular weight excluding hydrogens is 375 g/mol. The molecule has 24 heavy (non-hydrogen) atoms. The molecule has 0 rings (SSSR count). The van der Waals surface area contributed by atoms with Crippen molar-refractivity contribution in [3.8, 4) is 0 Å². The normalized spacial score (nSPS) is 13.9. The van der Waals surface area contributed by atoms with E-state index in [2.05, 4.69) is 34.6 Å². The molecule has 0 aromatic carbocycles. The van der Waals surface area contributed by atoms with Crippen molar-refractivity contribution in [3.63, 3.8) is 0 Å². The highest BCUT2D eigenvalue weighted by molar-refractivity contribution is 8.77. The predicted octanol–water partition coefficient (Wildman–Crippen LogP) is 9.29. The van der Waals surface area contributed by atoms with E-state index in [1.54, 1.807) is 0 Å². The van der Waals surface area contributed by atoms with Crippen LogP contribution < -0.4 is 0 Å². The fourth-order valence-electron chi connectivity index (χ4n) is 2.87. The Bertz CT molecular complexity index is 265. The Morgan fingerprint density at radius 1 is 0.792 bits per heavy atom. The second kappa shape index (κ2) is 15.3. The maximum absolute atomic E-state index is 6.18. The highest BCUT2D eigenvalue weighted by Crippen LogP contribution is 2.44. The summed E-state index contributed by atoms with van der Waals surface area (Å²) in [6.07, 6.45) is 14.4. The van der Waals surface area contributed by atoms with Crippen molar-refractivity contribution < 1.29 is 0 Å². The summed E-state index contributed by atoms with van der Waals surface area (Å²) in [5.41, 5.74) is 0. The third-order valence-electron chi connectivity index (χ3n) is 4.21. The standard InChI is InChI=1S/C20H40Cl2S2/c1-6-8-10-12-14-17(15-13-11-9-7-2)18(16-19(21)22)23-24-20(3,4)5/h17-19H,6-16H2,1-5H3/t18-/m0/s1. The lowest BCUT2D eigenvalue weighted by molar-refractivity contribution is 0.388. The molecule has 1 atom stereocenters. The van der Waals surface area contributed by atoms with Gasteiger partial charge < -0.3 is 0 Å². The molecule has 146 valence electrons. The first-order chi connectivity index (χ1) is 11.3. The van der Waals surface area contributed by atoms with Crippen LogP contribution in [0.1, 0.15) is 105 Å². The molecule has 0 aliphatic carbocycles. The summed E-state index contributed by atoms with van der Waals surface area (Å²) >= 11 is 12.4. The van der Waals surface area contributed by atoms with Gasteiger partial charge in [-0.1, -0.05) is 108 Å². The van der Waals surface area contributed by atoms with Gasteiger partial charge in [0, 0.05) is 10.00 Å². The van der Waals surface area contributed by atoms with Gasteiger partial charge in [-0.15, -0.1) is 23.2 Å². The van der Waals surface area contributed by atoms with E-state index in [0.717, 1.165) is 12.3 Å². The van der Waals surface area contributed by atoms with Crippen LogP contribution in [-0.4, -0.2) is 14.8 Å². The number of hydrogen-bond donors (Lipinski definition) is 0. The molecular formula is C20H40Cl2S2. The van der Waals surface area contributed by atoms with E-state index < -0.39 is 0 Å². The first-order valence-electron chi connectivity index (χ1n) is 9.92. The summed E-state index contributed by atoms with van der Waals surface area (Å²) in [6.45, 7) is 11.4. The minimum atomic E-state index is -0.239. The van der Waals surface area contributed by atoms with Crippen LogP contribution in [0.2, 0.25) is 0 Å². The average Bonchev–Trinajstić information content (AvgIpc) is 2.49. The van der Waals surface area contributed by atoms with Crippen molar-refractivity contribution in [3.05, 3.63) is 0 Å². The summed E-state index contributed by atoms with van der Waals surface area (Å²) < 4.78 is 0.284. The highest BCUT2D eigenvalue weighted by Gasteiger charge is 2.26. The number of alkyl halides is 2. The van der Waals surface area contributed by atoms with Gasteiger partial charge in [0.2, 0.25) is 0 Å². The van der Waals surface area contributed by atoms with Gasteiger partial charge in [-0.25, -0.2) is 0 Å².